The van der Waals surface area contributed by atoms with Gasteiger partial charge in [-0.2, -0.15) is 0 Å². The molecule has 0 aliphatic carbocycles. The summed E-state index contributed by atoms with van der Waals surface area (Å²) in [6.07, 6.45) is -5.35. The Labute approximate surface area is 123 Å². The van der Waals surface area contributed by atoms with E-state index in [0.29, 0.717) is 0 Å². The zero-order chi connectivity index (χ0) is 16.7. The lowest BCUT2D eigenvalue weighted by atomic mass is 10.2. The number of amides is 1. The summed E-state index contributed by atoms with van der Waals surface area (Å²) in [6, 6.07) is 2.57. The Morgan fingerprint density at radius 2 is 2.00 bits per heavy atom. The second-order valence-corrected chi connectivity index (χ2v) is 6.46. The second kappa shape index (κ2) is 5.32. The number of aromatic hydroxyl groups is 1. The van der Waals surface area contributed by atoms with E-state index in [-0.39, 0.29) is 12.2 Å². The minimum Gasteiger partial charge on any atom is -0.506 e. The largest absolute Gasteiger partial charge is 0.573 e. The van der Waals surface area contributed by atoms with Gasteiger partial charge in [-0.25, -0.2) is 13.6 Å². The lowest BCUT2D eigenvalue weighted by molar-refractivity contribution is -0.274. The number of benzene rings is 1. The summed E-state index contributed by atoms with van der Waals surface area (Å²) < 4.78 is 62.8. The summed E-state index contributed by atoms with van der Waals surface area (Å²) in [5, 5.41) is 13.5. The molecule has 2 rings (SSSR count). The topological polar surface area (TPSA) is 110 Å². The fourth-order valence-electron chi connectivity index (χ4n) is 2.04. The minimum absolute atomic E-state index is 0.280. The van der Waals surface area contributed by atoms with Gasteiger partial charge in [0.2, 0.25) is 15.9 Å². The molecule has 1 aliphatic rings. The molecule has 0 saturated carbocycles. The maximum Gasteiger partial charge on any atom is 0.573 e. The van der Waals surface area contributed by atoms with Gasteiger partial charge >= 0.3 is 6.36 Å². The molecule has 0 radical (unpaired) electrons. The Morgan fingerprint density at radius 3 is 2.50 bits per heavy atom. The first-order chi connectivity index (χ1) is 9.97. The number of alkyl halides is 3. The molecule has 1 aromatic rings. The summed E-state index contributed by atoms with van der Waals surface area (Å²) in [6.45, 7) is -0.360. The lowest BCUT2D eigenvalue weighted by Crippen LogP contribution is -2.32. The zero-order valence-electron chi connectivity index (χ0n) is 10.9. The van der Waals surface area contributed by atoms with Crippen molar-refractivity contribution in [1.82, 2.24) is 0 Å². The second-order valence-electron chi connectivity index (χ2n) is 4.62. The number of nitrogens with zero attached hydrogens (tertiary/aromatic N) is 1. The minimum atomic E-state index is -4.94. The van der Waals surface area contributed by atoms with Crippen molar-refractivity contribution in [2.24, 2.45) is 5.14 Å². The average Bonchev–Trinajstić information content (AvgIpc) is 2.72. The Morgan fingerprint density at radius 1 is 1.36 bits per heavy atom. The van der Waals surface area contributed by atoms with Crippen molar-refractivity contribution in [1.29, 1.82) is 0 Å². The molecule has 1 aromatic carbocycles. The highest BCUT2D eigenvalue weighted by Crippen LogP contribution is 2.36. The van der Waals surface area contributed by atoms with Crippen LogP contribution in [-0.4, -0.2) is 37.6 Å². The lowest BCUT2D eigenvalue weighted by Gasteiger charge is -2.19. The Hall–Kier alpha value is -2.01. The molecule has 1 amide bonds. The van der Waals surface area contributed by atoms with Gasteiger partial charge < -0.3 is 14.7 Å². The molecule has 1 heterocycles. The van der Waals surface area contributed by atoms with Crippen molar-refractivity contribution in [2.45, 2.75) is 18.0 Å². The SMILES string of the molecule is NS(=O)(=O)C1CC(=O)N(c2cc(OC(F)(F)F)ccc2O)C1. The van der Waals surface area contributed by atoms with Crippen LogP contribution in [0, 0.1) is 0 Å². The number of carbonyl (C=O) groups excluding carboxylic acids is 1. The number of hydrogen-bond acceptors (Lipinski definition) is 5. The third-order valence-electron chi connectivity index (χ3n) is 3.03. The standard InChI is InChI=1S/C11H11F3N2O5S/c12-11(13,14)21-6-1-2-9(17)8(3-6)16-5-7(4-10(16)18)22(15,19)20/h1-3,7,17H,4-5H2,(H2,15,19,20). The Kier molecular flexibility index (Phi) is 3.96. The number of rotatable bonds is 3. The maximum atomic E-state index is 12.2. The molecule has 1 saturated heterocycles. The van der Waals surface area contributed by atoms with E-state index in [2.05, 4.69) is 4.74 Å². The van der Waals surface area contributed by atoms with Gasteiger partial charge in [-0.05, 0) is 12.1 Å². The molecule has 22 heavy (non-hydrogen) atoms. The fourth-order valence-corrected chi connectivity index (χ4v) is 2.78. The average molecular weight is 340 g/mol. The van der Waals surface area contributed by atoms with Gasteiger partial charge in [0.05, 0.1) is 5.69 Å². The van der Waals surface area contributed by atoms with Crippen LogP contribution in [-0.2, 0) is 14.8 Å². The van der Waals surface area contributed by atoms with Crippen LogP contribution in [0.1, 0.15) is 6.42 Å². The van der Waals surface area contributed by atoms with E-state index >= 15 is 0 Å². The highest BCUT2D eigenvalue weighted by molar-refractivity contribution is 7.89. The van der Waals surface area contributed by atoms with Gasteiger partial charge in [0.15, 0.2) is 0 Å². The predicted molar refractivity (Wildman–Crippen MR) is 68.7 cm³/mol. The summed E-state index contributed by atoms with van der Waals surface area (Å²) in [5.74, 6) is -1.82. The van der Waals surface area contributed by atoms with E-state index in [1.165, 1.54) is 0 Å². The van der Waals surface area contributed by atoms with E-state index in [0.717, 1.165) is 23.1 Å². The maximum absolute atomic E-state index is 12.2. The number of phenolic OH excluding ortho intramolecular Hbond substituents is 1. The van der Waals surface area contributed by atoms with E-state index < -0.39 is 45.5 Å². The predicted octanol–water partition coefficient (Wildman–Crippen LogP) is 0.685. The number of anilines is 1. The molecule has 3 N–H and O–H groups in total. The van der Waals surface area contributed by atoms with Crippen molar-refractivity contribution in [3.8, 4) is 11.5 Å². The van der Waals surface area contributed by atoms with Gasteiger partial charge in [0.1, 0.15) is 16.7 Å². The van der Waals surface area contributed by atoms with Crippen molar-refractivity contribution < 1.29 is 36.2 Å². The van der Waals surface area contributed by atoms with E-state index in [1.54, 1.807) is 0 Å². The fraction of sp³-hybridized carbons (Fsp3) is 0.364. The number of nitrogens with two attached hydrogens (primary N) is 1. The van der Waals surface area contributed by atoms with E-state index in [1.807, 2.05) is 0 Å². The summed E-state index contributed by atoms with van der Waals surface area (Å²) in [4.78, 5) is 12.7. The van der Waals surface area contributed by atoms with Gasteiger partial charge in [0, 0.05) is 19.0 Å². The number of carbonyl (C=O) groups is 1. The van der Waals surface area contributed by atoms with E-state index in [4.69, 9.17) is 5.14 Å². The first kappa shape index (κ1) is 16.4. The monoisotopic (exact) mass is 340 g/mol. The highest BCUT2D eigenvalue weighted by Gasteiger charge is 2.38. The number of hydrogen-bond donors (Lipinski definition) is 2. The van der Waals surface area contributed by atoms with Gasteiger partial charge in [0.25, 0.3) is 0 Å². The number of ether oxygens (including phenoxy) is 1. The van der Waals surface area contributed by atoms with Crippen LogP contribution >= 0.6 is 0 Å². The van der Waals surface area contributed by atoms with Crippen LogP contribution in [0.2, 0.25) is 0 Å². The molecular formula is C11H11F3N2O5S. The molecule has 11 heteroatoms. The first-order valence-corrected chi connectivity index (χ1v) is 7.49. The molecular weight excluding hydrogens is 329 g/mol. The molecule has 0 bridgehead atoms. The van der Waals surface area contributed by atoms with Crippen molar-refractivity contribution in [3.05, 3.63) is 18.2 Å². The first-order valence-electron chi connectivity index (χ1n) is 5.88. The van der Waals surface area contributed by atoms with Gasteiger partial charge in [-0.15, -0.1) is 13.2 Å². The highest BCUT2D eigenvalue weighted by atomic mass is 32.2. The number of phenols is 1. The van der Waals surface area contributed by atoms with Crippen LogP contribution in [0.5, 0.6) is 11.5 Å². The van der Waals surface area contributed by atoms with Crippen LogP contribution in [0.4, 0.5) is 18.9 Å². The normalized spacial score (nSPS) is 19.5. The van der Waals surface area contributed by atoms with Crippen molar-refractivity contribution in [3.63, 3.8) is 0 Å². The molecule has 1 atom stereocenters. The smallest absolute Gasteiger partial charge is 0.506 e. The molecule has 7 nitrogen and oxygen atoms in total. The van der Waals surface area contributed by atoms with Gasteiger partial charge in [-0.1, -0.05) is 0 Å². The Bertz CT molecular complexity index is 704. The molecule has 0 spiro atoms. The Balaban J connectivity index is 2.32. The molecule has 1 unspecified atom stereocenters. The van der Waals surface area contributed by atoms with E-state index in [9.17, 15) is 31.5 Å². The summed E-state index contributed by atoms with van der Waals surface area (Å²) in [5.41, 5.74) is -0.280. The van der Waals surface area contributed by atoms with Crippen molar-refractivity contribution >= 4 is 21.6 Å². The summed E-state index contributed by atoms with van der Waals surface area (Å²) >= 11 is 0. The van der Waals surface area contributed by atoms with Crippen LogP contribution in [0.3, 0.4) is 0 Å². The summed E-state index contributed by atoms with van der Waals surface area (Å²) in [7, 11) is -3.98. The number of sulfonamides is 1. The molecule has 0 aromatic heterocycles. The third-order valence-corrected chi connectivity index (χ3v) is 4.27. The van der Waals surface area contributed by atoms with Crippen LogP contribution in [0.15, 0.2) is 18.2 Å². The van der Waals surface area contributed by atoms with Crippen LogP contribution in [0.25, 0.3) is 0 Å². The third kappa shape index (κ3) is 3.60. The molecule has 1 fully saturated rings. The van der Waals surface area contributed by atoms with Crippen LogP contribution < -0.4 is 14.8 Å². The number of halogens is 3. The zero-order valence-corrected chi connectivity index (χ0v) is 11.7. The quantitative estimate of drug-likeness (QED) is 0.841. The number of primary sulfonamides is 1. The molecule has 122 valence electrons. The van der Waals surface area contributed by atoms with Gasteiger partial charge in [-0.3, -0.25) is 4.79 Å². The molecule has 1 aliphatic heterocycles. The van der Waals surface area contributed by atoms with Crippen molar-refractivity contribution in [2.75, 3.05) is 11.4 Å².